The average molecular weight is 322 g/mol. The molecule has 0 saturated carbocycles. The van der Waals surface area contributed by atoms with Crippen LogP contribution in [0.2, 0.25) is 0 Å². The highest BCUT2D eigenvalue weighted by molar-refractivity contribution is 7.99. The molecule has 120 valence electrons. The molecule has 1 aliphatic rings. The molecule has 2 amide bonds. The molecule has 1 aliphatic heterocycles. The van der Waals surface area contributed by atoms with Gasteiger partial charge in [-0.25, -0.2) is 0 Å². The zero-order valence-corrected chi connectivity index (χ0v) is 13.7. The first-order valence-electron chi connectivity index (χ1n) is 7.47. The van der Waals surface area contributed by atoms with Crippen LogP contribution in [0.25, 0.3) is 0 Å². The lowest BCUT2D eigenvalue weighted by Gasteiger charge is -2.15. The smallest absolute Gasteiger partial charge is 0.253 e. The number of hydrogen-bond donors (Lipinski definition) is 2. The number of carbonyl (C=O) groups is 2. The highest BCUT2D eigenvalue weighted by atomic mass is 32.2. The van der Waals surface area contributed by atoms with Gasteiger partial charge in [-0.3, -0.25) is 9.59 Å². The molecule has 5 nitrogen and oxygen atoms in total. The second-order valence-electron chi connectivity index (χ2n) is 5.25. The van der Waals surface area contributed by atoms with Crippen molar-refractivity contribution in [2.75, 3.05) is 19.4 Å². The fourth-order valence-electron chi connectivity index (χ4n) is 2.30. The van der Waals surface area contributed by atoms with Gasteiger partial charge in [-0.2, -0.15) is 0 Å². The second kappa shape index (κ2) is 8.19. The van der Waals surface area contributed by atoms with E-state index < -0.39 is 6.04 Å². The van der Waals surface area contributed by atoms with Crippen molar-refractivity contribution in [2.45, 2.75) is 36.8 Å². The standard InChI is InChI=1S/C16H22N2O3S/c1-11(15(19)17-2)18-16(20)13-7-3-4-8-14(13)22-10-12-6-5-9-21-12/h3-4,7-8,11-12H,5-6,9-10H2,1-2H3,(H,17,19)(H,18,20)/t11-,12-/m0/s1. The number of amides is 2. The Morgan fingerprint density at radius 3 is 2.86 bits per heavy atom. The summed E-state index contributed by atoms with van der Waals surface area (Å²) in [7, 11) is 1.55. The predicted molar refractivity (Wildman–Crippen MR) is 87.1 cm³/mol. The highest BCUT2D eigenvalue weighted by Gasteiger charge is 2.20. The molecule has 2 rings (SSSR count). The molecule has 2 atom stereocenters. The number of benzene rings is 1. The van der Waals surface area contributed by atoms with Crippen molar-refractivity contribution in [1.82, 2.24) is 10.6 Å². The minimum Gasteiger partial charge on any atom is -0.377 e. The molecule has 1 fully saturated rings. The number of hydrogen-bond acceptors (Lipinski definition) is 4. The third-order valence-electron chi connectivity index (χ3n) is 3.57. The molecule has 1 heterocycles. The molecule has 0 spiro atoms. The van der Waals surface area contributed by atoms with Crippen molar-refractivity contribution in [3.8, 4) is 0 Å². The number of likely N-dealkylation sites (N-methyl/N-ethyl adjacent to an activating group) is 1. The molecule has 1 aromatic rings. The molecule has 1 saturated heterocycles. The Labute approximate surface area is 135 Å². The lowest BCUT2D eigenvalue weighted by Crippen LogP contribution is -2.43. The van der Waals surface area contributed by atoms with E-state index in [0.717, 1.165) is 30.1 Å². The monoisotopic (exact) mass is 322 g/mol. The average Bonchev–Trinajstić information content (AvgIpc) is 3.05. The van der Waals surface area contributed by atoms with Gasteiger partial charge in [-0.05, 0) is 31.9 Å². The van der Waals surface area contributed by atoms with Gasteiger partial charge in [-0.15, -0.1) is 11.8 Å². The van der Waals surface area contributed by atoms with Gasteiger partial charge in [0.05, 0.1) is 11.7 Å². The minimum atomic E-state index is -0.561. The summed E-state index contributed by atoms with van der Waals surface area (Å²) in [5.41, 5.74) is 0.598. The third kappa shape index (κ3) is 4.48. The molecular formula is C16H22N2O3S. The first kappa shape index (κ1) is 16.8. The van der Waals surface area contributed by atoms with Crippen LogP contribution in [0.3, 0.4) is 0 Å². The van der Waals surface area contributed by atoms with Gasteiger partial charge in [-0.1, -0.05) is 12.1 Å². The van der Waals surface area contributed by atoms with E-state index in [-0.39, 0.29) is 17.9 Å². The molecule has 0 aliphatic carbocycles. The van der Waals surface area contributed by atoms with E-state index in [1.807, 2.05) is 18.2 Å². The lowest BCUT2D eigenvalue weighted by atomic mass is 10.2. The predicted octanol–water partition coefficient (Wildman–Crippen LogP) is 1.82. The van der Waals surface area contributed by atoms with Crippen LogP contribution in [-0.2, 0) is 9.53 Å². The van der Waals surface area contributed by atoms with Crippen molar-refractivity contribution in [3.63, 3.8) is 0 Å². The summed E-state index contributed by atoms with van der Waals surface area (Å²) in [6.45, 7) is 2.50. The molecule has 6 heteroatoms. The van der Waals surface area contributed by atoms with Gasteiger partial charge < -0.3 is 15.4 Å². The van der Waals surface area contributed by atoms with Crippen LogP contribution in [0.4, 0.5) is 0 Å². The van der Waals surface area contributed by atoms with Gasteiger partial charge in [0.15, 0.2) is 0 Å². The van der Waals surface area contributed by atoms with Crippen molar-refractivity contribution in [2.24, 2.45) is 0 Å². The zero-order valence-electron chi connectivity index (χ0n) is 12.9. The van der Waals surface area contributed by atoms with Crippen molar-refractivity contribution < 1.29 is 14.3 Å². The van der Waals surface area contributed by atoms with Gasteiger partial charge in [0.1, 0.15) is 6.04 Å². The first-order chi connectivity index (χ1) is 10.6. The van der Waals surface area contributed by atoms with E-state index in [1.165, 1.54) is 0 Å². The Morgan fingerprint density at radius 2 is 2.18 bits per heavy atom. The van der Waals surface area contributed by atoms with Gasteiger partial charge in [0.2, 0.25) is 5.91 Å². The van der Waals surface area contributed by atoms with E-state index in [9.17, 15) is 9.59 Å². The second-order valence-corrected chi connectivity index (χ2v) is 6.31. The molecule has 0 aromatic heterocycles. The fourth-order valence-corrected chi connectivity index (χ4v) is 3.41. The number of ether oxygens (including phenoxy) is 1. The Kier molecular flexibility index (Phi) is 6.27. The maximum Gasteiger partial charge on any atom is 0.253 e. The topological polar surface area (TPSA) is 67.4 Å². The first-order valence-corrected chi connectivity index (χ1v) is 8.46. The molecule has 1 aromatic carbocycles. The van der Waals surface area contributed by atoms with E-state index in [0.29, 0.717) is 5.56 Å². The summed E-state index contributed by atoms with van der Waals surface area (Å²) in [6, 6.07) is 6.89. The highest BCUT2D eigenvalue weighted by Crippen LogP contribution is 2.26. The van der Waals surface area contributed by atoms with Crippen LogP contribution in [0, 0.1) is 0 Å². The van der Waals surface area contributed by atoms with Gasteiger partial charge in [0, 0.05) is 24.3 Å². The number of rotatable bonds is 6. The zero-order chi connectivity index (χ0) is 15.9. The number of thioether (sulfide) groups is 1. The van der Waals surface area contributed by atoms with E-state index in [1.54, 1.807) is 31.8 Å². The fraction of sp³-hybridized carbons (Fsp3) is 0.500. The summed E-state index contributed by atoms with van der Waals surface area (Å²) in [5, 5.41) is 5.24. The summed E-state index contributed by atoms with van der Waals surface area (Å²) in [5.74, 6) is 0.402. The Hall–Kier alpha value is -1.53. The Morgan fingerprint density at radius 1 is 1.41 bits per heavy atom. The summed E-state index contributed by atoms with van der Waals surface area (Å²) >= 11 is 1.63. The maximum absolute atomic E-state index is 12.4. The van der Waals surface area contributed by atoms with E-state index in [4.69, 9.17) is 4.74 Å². The largest absolute Gasteiger partial charge is 0.377 e. The van der Waals surface area contributed by atoms with Crippen LogP contribution < -0.4 is 10.6 Å². The van der Waals surface area contributed by atoms with Crippen LogP contribution in [0.1, 0.15) is 30.1 Å². The quantitative estimate of drug-likeness (QED) is 0.784. The molecular weight excluding hydrogens is 300 g/mol. The summed E-state index contributed by atoms with van der Waals surface area (Å²) in [4.78, 5) is 24.8. The SMILES string of the molecule is CNC(=O)[C@H](C)NC(=O)c1ccccc1SC[C@@H]1CCCO1. The number of nitrogens with one attached hydrogen (secondary N) is 2. The third-order valence-corrected chi connectivity index (χ3v) is 4.77. The van der Waals surface area contributed by atoms with Crippen molar-refractivity contribution in [3.05, 3.63) is 29.8 Å². The summed E-state index contributed by atoms with van der Waals surface area (Å²) < 4.78 is 5.61. The minimum absolute atomic E-state index is 0.210. The van der Waals surface area contributed by atoms with Gasteiger partial charge in [0.25, 0.3) is 5.91 Å². The molecule has 0 bridgehead atoms. The number of carbonyl (C=O) groups excluding carboxylic acids is 2. The molecule has 2 N–H and O–H groups in total. The maximum atomic E-state index is 12.4. The molecule has 0 unspecified atom stereocenters. The van der Waals surface area contributed by atoms with Crippen molar-refractivity contribution in [1.29, 1.82) is 0 Å². The summed E-state index contributed by atoms with van der Waals surface area (Å²) in [6.07, 6.45) is 2.46. The van der Waals surface area contributed by atoms with Crippen LogP contribution in [0.5, 0.6) is 0 Å². The Balaban J connectivity index is 2.00. The van der Waals surface area contributed by atoms with E-state index in [2.05, 4.69) is 10.6 Å². The van der Waals surface area contributed by atoms with Crippen LogP contribution in [0.15, 0.2) is 29.2 Å². The normalized spacial score (nSPS) is 18.7. The van der Waals surface area contributed by atoms with E-state index >= 15 is 0 Å². The van der Waals surface area contributed by atoms with Crippen molar-refractivity contribution >= 4 is 23.6 Å². The Bertz CT molecular complexity index is 530. The van der Waals surface area contributed by atoms with Crippen LogP contribution >= 0.6 is 11.8 Å². The lowest BCUT2D eigenvalue weighted by molar-refractivity contribution is -0.122. The molecule has 0 radical (unpaired) electrons. The molecule has 22 heavy (non-hydrogen) atoms. The van der Waals surface area contributed by atoms with Gasteiger partial charge >= 0.3 is 0 Å². The van der Waals surface area contributed by atoms with Crippen LogP contribution in [-0.4, -0.2) is 43.4 Å².